The fraction of sp³-hybridized carbons (Fsp3) is 0.161. The molecule has 0 fully saturated rings. The highest BCUT2D eigenvalue weighted by Gasteiger charge is 2.45. The van der Waals surface area contributed by atoms with E-state index in [0.717, 1.165) is 12.0 Å². The normalized spacial score (nSPS) is 14.9. The van der Waals surface area contributed by atoms with Crippen LogP contribution < -0.4 is 9.64 Å². The molecule has 0 spiro atoms. The minimum Gasteiger partial charge on any atom is -0.503 e. The summed E-state index contributed by atoms with van der Waals surface area (Å²) in [5.41, 5.74) is 2.86. The Kier molecular flexibility index (Phi) is 7.26. The van der Waals surface area contributed by atoms with Crippen LogP contribution in [0.1, 0.15) is 45.9 Å². The van der Waals surface area contributed by atoms with Gasteiger partial charge in [0, 0.05) is 11.3 Å². The van der Waals surface area contributed by atoms with E-state index in [9.17, 15) is 20.0 Å². The summed E-state index contributed by atoms with van der Waals surface area (Å²) >= 11 is 1.23. The third-order valence-corrected chi connectivity index (χ3v) is 7.60. The van der Waals surface area contributed by atoms with E-state index in [0.29, 0.717) is 44.7 Å². The van der Waals surface area contributed by atoms with Crippen LogP contribution in [0.5, 0.6) is 5.75 Å². The summed E-state index contributed by atoms with van der Waals surface area (Å²) in [5.74, 6) is -1.17. The molecule has 3 aromatic carbocycles. The van der Waals surface area contributed by atoms with E-state index in [2.05, 4.69) is 11.1 Å². The van der Waals surface area contributed by atoms with Gasteiger partial charge in [-0.05, 0) is 55.3 Å². The molecular weight excluding hydrogens is 510 g/mol. The van der Waals surface area contributed by atoms with Crippen LogP contribution in [0.25, 0.3) is 10.6 Å². The van der Waals surface area contributed by atoms with Gasteiger partial charge < -0.3 is 9.84 Å². The predicted molar refractivity (Wildman–Crippen MR) is 150 cm³/mol. The van der Waals surface area contributed by atoms with E-state index >= 15 is 0 Å². The number of benzene rings is 3. The number of nitriles is 1. The van der Waals surface area contributed by atoms with E-state index in [4.69, 9.17) is 4.74 Å². The van der Waals surface area contributed by atoms with Crippen molar-refractivity contribution in [3.63, 3.8) is 0 Å². The predicted octanol–water partition coefficient (Wildman–Crippen LogP) is 6.56. The molecule has 4 aromatic rings. The number of anilines is 1. The molecule has 194 valence electrons. The lowest BCUT2D eigenvalue weighted by molar-refractivity contribution is -0.117. The lowest BCUT2D eigenvalue weighted by Gasteiger charge is -2.27. The third-order valence-electron chi connectivity index (χ3n) is 6.40. The van der Waals surface area contributed by atoms with E-state index in [1.54, 1.807) is 49.4 Å². The molecule has 0 aliphatic carbocycles. The van der Waals surface area contributed by atoms with Crippen molar-refractivity contribution >= 4 is 28.7 Å². The Balaban J connectivity index is 1.62. The number of nitrogens with zero attached hydrogens (tertiary/aromatic N) is 3. The number of thiazole rings is 1. The smallest absolute Gasteiger partial charge is 0.294 e. The van der Waals surface area contributed by atoms with Crippen LogP contribution in [0, 0.1) is 18.3 Å². The number of ether oxygens (including phenoxy) is 1. The average Bonchev–Trinajstić information content (AvgIpc) is 3.49. The zero-order valence-electron chi connectivity index (χ0n) is 21.4. The van der Waals surface area contributed by atoms with E-state index in [1.165, 1.54) is 16.2 Å². The van der Waals surface area contributed by atoms with Gasteiger partial charge in [0.15, 0.2) is 5.76 Å². The van der Waals surface area contributed by atoms with Gasteiger partial charge in [0.1, 0.15) is 10.8 Å². The minimum absolute atomic E-state index is 0.0247. The Morgan fingerprint density at radius 2 is 1.85 bits per heavy atom. The molecule has 1 atom stereocenters. The van der Waals surface area contributed by atoms with Gasteiger partial charge in [0.05, 0.1) is 40.4 Å². The summed E-state index contributed by atoms with van der Waals surface area (Å²) in [6.45, 7) is 4.27. The third kappa shape index (κ3) is 4.92. The van der Waals surface area contributed by atoms with Gasteiger partial charge in [0.2, 0.25) is 5.78 Å². The Labute approximate surface area is 230 Å². The van der Waals surface area contributed by atoms with Crippen LogP contribution in [-0.2, 0) is 4.79 Å². The molecule has 1 unspecified atom stereocenters. The molecule has 7 nitrogen and oxygen atoms in total. The van der Waals surface area contributed by atoms with Gasteiger partial charge in [-0.25, -0.2) is 4.98 Å². The average molecular weight is 536 g/mol. The van der Waals surface area contributed by atoms with Crippen LogP contribution >= 0.6 is 11.3 Å². The second kappa shape index (κ2) is 10.9. The Morgan fingerprint density at radius 1 is 1.10 bits per heavy atom. The van der Waals surface area contributed by atoms with Gasteiger partial charge in [-0.1, -0.05) is 49.4 Å². The van der Waals surface area contributed by atoms with E-state index in [-0.39, 0.29) is 5.57 Å². The number of Topliss-reactive ketones (excluding diaryl/α,β-unsaturated/α-hetero) is 1. The molecule has 2 heterocycles. The maximum absolute atomic E-state index is 14.1. The number of ketones is 1. The van der Waals surface area contributed by atoms with Gasteiger partial charge in [-0.15, -0.1) is 11.3 Å². The van der Waals surface area contributed by atoms with Crippen LogP contribution in [0.4, 0.5) is 5.69 Å². The fourth-order valence-electron chi connectivity index (χ4n) is 4.54. The number of hydrogen-bond donors (Lipinski definition) is 1. The molecule has 5 rings (SSSR count). The molecule has 0 saturated carbocycles. The molecule has 1 N–H and O–H groups in total. The topological polar surface area (TPSA) is 104 Å². The van der Waals surface area contributed by atoms with Crippen LogP contribution in [0.2, 0.25) is 0 Å². The second-order valence-corrected chi connectivity index (χ2v) is 10.0. The van der Waals surface area contributed by atoms with Crippen molar-refractivity contribution in [2.75, 3.05) is 11.5 Å². The molecule has 1 aromatic heterocycles. The van der Waals surface area contributed by atoms with E-state index in [1.807, 2.05) is 43.3 Å². The molecule has 0 bridgehead atoms. The Morgan fingerprint density at radius 3 is 2.54 bits per heavy atom. The zero-order valence-corrected chi connectivity index (χ0v) is 22.2. The highest BCUT2D eigenvalue weighted by Crippen LogP contribution is 2.44. The van der Waals surface area contributed by atoms with Crippen molar-refractivity contribution in [1.82, 2.24) is 4.98 Å². The highest BCUT2D eigenvalue weighted by atomic mass is 32.1. The molecule has 1 amide bonds. The highest BCUT2D eigenvalue weighted by molar-refractivity contribution is 7.17. The van der Waals surface area contributed by atoms with Crippen LogP contribution in [0.3, 0.4) is 0 Å². The molecule has 0 radical (unpaired) electrons. The van der Waals surface area contributed by atoms with Gasteiger partial charge in [-0.2, -0.15) is 5.26 Å². The van der Waals surface area contributed by atoms with Crippen molar-refractivity contribution in [3.8, 4) is 22.4 Å². The number of rotatable bonds is 8. The number of hydrogen-bond acceptors (Lipinski definition) is 7. The summed E-state index contributed by atoms with van der Waals surface area (Å²) < 4.78 is 5.82. The lowest BCUT2D eigenvalue weighted by atomic mass is 9.94. The number of aliphatic hydroxyl groups is 1. The first-order valence-electron chi connectivity index (χ1n) is 12.5. The second-order valence-electron chi connectivity index (χ2n) is 9.05. The number of carbonyl (C=O) groups excluding carboxylic acids is 2. The fourth-order valence-corrected chi connectivity index (χ4v) is 5.57. The molecular formula is C31H25N3O4S. The number of amides is 1. The first-order valence-corrected chi connectivity index (χ1v) is 13.3. The van der Waals surface area contributed by atoms with Crippen LogP contribution in [0.15, 0.2) is 90.2 Å². The lowest BCUT2D eigenvalue weighted by Crippen LogP contribution is -2.31. The molecule has 1 aliphatic heterocycles. The molecule has 39 heavy (non-hydrogen) atoms. The van der Waals surface area contributed by atoms with Crippen molar-refractivity contribution in [1.29, 1.82) is 5.26 Å². The largest absolute Gasteiger partial charge is 0.503 e. The summed E-state index contributed by atoms with van der Waals surface area (Å²) in [6, 6.07) is 24.3. The van der Waals surface area contributed by atoms with Crippen molar-refractivity contribution in [3.05, 3.63) is 112 Å². The molecule has 0 saturated heterocycles. The minimum atomic E-state index is -0.912. The standard InChI is InChI=1S/C31H25N3O4S/c1-3-16-38-24-11-7-10-22(17-24)26-25(28(36)31(37)34(26)23-14-12-20(18-32)13-15-23)27(35)29-19(2)33-30(39-29)21-8-5-4-6-9-21/h4-15,17,26,36H,3,16H2,1-2H3. The monoisotopic (exact) mass is 535 g/mol. The van der Waals surface area contributed by atoms with Crippen molar-refractivity contribution in [2.24, 2.45) is 0 Å². The summed E-state index contributed by atoms with van der Waals surface area (Å²) in [4.78, 5) is 33.9. The van der Waals surface area contributed by atoms with E-state index < -0.39 is 23.5 Å². The maximum Gasteiger partial charge on any atom is 0.294 e. The first kappa shape index (κ1) is 25.9. The van der Waals surface area contributed by atoms with Crippen molar-refractivity contribution < 1.29 is 19.4 Å². The van der Waals surface area contributed by atoms with Gasteiger partial charge in [0.25, 0.3) is 5.91 Å². The summed E-state index contributed by atoms with van der Waals surface area (Å²) in [6.07, 6.45) is 0.822. The quantitative estimate of drug-likeness (QED) is 0.256. The number of aliphatic hydroxyl groups excluding tert-OH is 1. The first-order chi connectivity index (χ1) is 18.9. The van der Waals surface area contributed by atoms with Gasteiger partial charge in [-0.3, -0.25) is 14.5 Å². The molecule has 8 heteroatoms. The Hall–Kier alpha value is -4.74. The van der Waals surface area contributed by atoms with Crippen molar-refractivity contribution in [2.45, 2.75) is 26.3 Å². The summed E-state index contributed by atoms with van der Waals surface area (Å²) in [7, 11) is 0. The van der Waals surface area contributed by atoms with Gasteiger partial charge >= 0.3 is 0 Å². The summed E-state index contributed by atoms with van der Waals surface area (Å²) in [5, 5.41) is 21.1. The van der Waals surface area contributed by atoms with Crippen LogP contribution in [-0.4, -0.2) is 28.4 Å². The maximum atomic E-state index is 14.1. The number of aromatic nitrogens is 1. The molecule has 1 aliphatic rings. The Bertz CT molecular complexity index is 1620. The number of aryl methyl sites for hydroxylation is 1. The number of carbonyl (C=O) groups is 2. The zero-order chi connectivity index (χ0) is 27.5. The SMILES string of the molecule is CCCOc1cccc(C2C(C(=O)c3sc(-c4ccccc4)nc3C)=C(O)C(=O)N2c2ccc(C#N)cc2)c1.